The summed E-state index contributed by atoms with van der Waals surface area (Å²) in [6, 6.07) is 15.2. The van der Waals surface area contributed by atoms with Crippen molar-refractivity contribution in [1.82, 2.24) is 9.97 Å². The van der Waals surface area contributed by atoms with Crippen LogP contribution in [-0.4, -0.2) is 29.1 Å². The van der Waals surface area contributed by atoms with Crippen molar-refractivity contribution in [2.24, 2.45) is 0 Å². The van der Waals surface area contributed by atoms with Gasteiger partial charge in [-0.2, -0.15) is 0 Å². The van der Waals surface area contributed by atoms with Gasteiger partial charge in [0.05, 0.1) is 16.8 Å². The third kappa shape index (κ3) is 3.59. The number of carbonyl (C=O) groups excluding carboxylic acids is 1. The van der Waals surface area contributed by atoms with Gasteiger partial charge < -0.3 is 9.47 Å². The van der Waals surface area contributed by atoms with Crippen LogP contribution in [0.4, 0.5) is 5.13 Å². The van der Waals surface area contributed by atoms with E-state index in [0.717, 1.165) is 21.3 Å². The average molecular weight is 417 g/mol. The largest absolute Gasteiger partial charge is 0.486 e. The molecule has 0 saturated heterocycles. The van der Waals surface area contributed by atoms with Gasteiger partial charge in [-0.1, -0.05) is 17.4 Å². The maximum Gasteiger partial charge on any atom is 0.260 e. The number of hydrogen-bond acceptors (Lipinski definition) is 6. The number of aromatic nitrogens is 2. The summed E-state index contributed by atoms with van der Waals surface area (Å²) in [6.07, 6.45) is 3.45. The number of pyridine rings is 1. The second-order valence-electron chi connectivity index (χ2n) is 7.07. The number of ether oxygens (including phenoxy) is 2. The molecule has 0 fully saturated rings. The maximum absolute atomic E-state index is 13.6. The fourth-order valence-corrected chi connectivity index (χ4v) is 4.43. The lowest BCUT2D eigenvalue weighted by molar-refractivity contribution is 0.0984. The number of benzene rings is 2. The topological polar surface area (TPSA) is 64.6 Å². The highest BCUT2D eigenvalue weighted by Crippen LogP contribution is 2.34. The van der Waals surface area contributed by atoms with Crippen LogP contribution in [0.2, 0.25) is 0 Å². The SMILES string of the molecule is Cc1ccc2nc(N(Cc3ccncc3)C(=O)c3ccc4c(c3)OCCO4)sc2c1. The van der Waals surface area contributed by atoms with Crippen LogP contribution in [0.5, 0.6) is 11.5 Å². The molecule has 6 nitrogen and oxygen atoms in total. The summed E-state index contributed by atoms with van der Waals surface area (Å²) in [5.41, 5.74) is 3.56. The molecule has 1 aliphatic rings. The van der Waals surface area contributed by atoms with Gasteiger partial charge in [-0.3, -0.25) is 14.7 Å². The minimum Gasteiger partial charge on any atom is -0.486 e. The summed E-state index contributed by atoms with van der Waals surface area (Å²) in [5, 5.41) is 0.660. The molecule has 1 aliphatic heterocycles. The van der Waals surface area contributed by atoms with Crippen LogP contribution in [-0.2, 0) is 6.54 Å². The van der Waals surface area contributed by atoms with E-state index in [4.69, 9.17) is 14.5 Å². The molecule has 150 valence electrons. The number of hydrogen-bond donors (Lipinski definition) is 0. The molecule has 0 radical (unpaired) electrons. The fourth-order valence-electron chi connectivity index (χ4n) is 3.36. The summed E-state index contributed by atoms with van der Waals surface area (Å²) >= 11 is 1.51. The van der Waals surface area contributed by atoms with Crippen LogP contribution >= 0.6 is 11.3 Å². The third-order valence-corrected chi connectivity index (χ3v) is 5.93. The second kappa shape index (κ2) is 7.76. The van der Waals surface area contributed by atoms with Gasteiger partial charge in [-0.25, -0.2) is 4.98 Å². The molecule has 0 N–H and O–H groups in total. The van der Waals surface area contributed by atoms with E-state index >= 15 is 0 Å². The highest BCUT2D eigenvalue weighted by atomic mass is 32.1. The molecule has 3 heterocycles. The van der Waals surface area contributed by atoms with Gasteiger partial charge in [-0.15, -0.1) is 0 Å². The highest BCUT2D eigenvalue weighted by molar-refractivity contribution is 7.22. The van der Waals surface area contributed by atoms with Crippen molar-refractivity contribution >= 4 is 32.6 Å². The smallest absolute Gasteiger partial charge is 0.260 e. The average Bonchev–Trinajstić information content (AvgIpc) is 3.20. The first-order chi connectivity index (χ1) is 14.7. The van der Waals surface area contributed by atoms with Crippen LogP contribution < -0.4 is 14.4 Å². The Labute approximate surface area is 177 Å². The summed E-state index contributed by atoms with van der Waals surface area (Å²) < 4.78 is 12.3. The molecule has 5 rings (SSSR count). The lowest BCUT2D eigenvalue weighted by Gasteiger charge is -2.22. The van der Waals surface area contributed by atoms with Crippen molar-refractivity contribution in [1.29, 1.82) is 0 Å². The molecule has 7 heteroatoms. The van der Waals surface area contributed by atoms with Crippen molar-refractivity contribution in [3.63, 3.8) is 0 Å². The van der Waals surface area contributed by atoms with E-state index in [0.29, 0.717) is 42.0 Å². The van der Waals surface area contributed by atoms with Crippen molar-refractivity contribution < 1.29 is 14.3 Å². The Morgan fingerprint density at radius 1 is 1.03 bits per heavy atom. The zero-order chi connectivity index (χ0) is 20.5. The molecule has 0 atom stereocenters. The fraction of sp³-hybridized carbons (Fsp3) is 0.174. The van der Waals surface area contributed by atoms with Gasteiger partial charge in [-0.05, 0) is 60.5 Å². The molecule has 30 heavy (non-hydrogen) atoms. The quantitative estimate of drug-likeness (QED) is 0.485. The summed E-state index contributed by atoms with van der Waals surface area (Å²) in [4.78, 5) is 24.1. The van der Waals surface area contributed by atoms with Crippen LogP contribution in [0.25, 0.3) is 10.2 Å². The third-order valence-electron chi connectivity index (χ3n) is 4.89. The van der Waals surface area contributed by atoms with Crippen LogP contribution in [0.3, 0.4) is 0 Å². The Bertz CT molecular complexity index is 1220. The molecule has 4 aromatic rings. The lowest BCUT2D eigenvalue weighted by Crippen LogP contribution is -2.30. The molecule has 2 aromatic heterocycles. The van der Waals surface area contributed by atoms with Crippen LogP contribution in [0.1, 0.15) is 21.5 Å². The van der Waals surface area contributed by atoms with Gasteiger partial charge in [0.25, 0.3) is 5.91 Å². The molecule has 2 aromatic carbocycles. The van der Waals surface area contributed by atoms with Gasteiger partial charge in [0.2, 0.25) is 0 Å². The van der Waals surface area contributed by atoms with E-state index in [1.54, 1.807) is 35.5 Å². The summed E-state index contributed by atoms with van der Waals surface area (Å²) in [6.45, 7) is 3.44. The van der Waals surface area contributed by atoms with Crippen molar-refractivity contribution in [2.45, 2.75) is 13.5 Å². The van der Waals surface area contributed by atoms with E-state index in [1.807, 2.05) is 31.2 Å². The first-order valence-electron chi connectivity index (χ1n) is 9.65. The van der Waals surface area contributed by atoms with Crippen molar-refractivity contribution in [3.8, 4) is 11.5 Å². The molecule has 0 aliphatic carbocycles. The Kier molecular flexibility index (Phi) is 4.80. The maximum atomic E-state index is 13.6. The number of carbonyl (C=O) groups is 1. The molecule has 0 bridgehead atoms. The summed E-state index contributed by atoms with van der Waals surface area (Å²) in [5.74, 6) is 1.12. The van der Waals surface area contributed by atoms with E-state index in [9.17, 15) is 4.79 Å². The number of aryl methyl sites for hydroxylation is 1. The first kappa shape index (κ1) is 18.6. The Morgan fingerprint density at radius 3 is 2.67 bits per heavy atom. The molecular formula is C23H19N3O3S. The number of nitrogens with zero attached hydrogens (tertiary/aromatic N) is 3. The van der Waals surface area contributed by atoms with E-state index in [-0.39, 0.29) is 5.91 Å². The van der Waals surface area contributed by atoms with Crippen LogP contribution in [0.15, 0.2) is 60.9 Å². The lowest BCUT2D eigenvalue weighted by atomic mass is 10.1. The van der Waals surface area contributed by atoms with E-state index < -0.39 is 0 Å². The molecule has 1 amide bonds. The number of amides is 1. The van der Waals surface area contributed by atoms with Crippen LogP contribution in [0, 0.1) is 6.92 Å². The van der Waals surface area contributed by atoms with Gasteiger partial charge >= 0.3 is 0 Å². The van der Waals surface area contributed by atoms with Gasteiger partial charge in [0.1, 0.15) is 13.2 Å². The Balaban J connectivity index is 1.55. The monoisotopic (exact) mass is 417 g/mol. The second-order valence-corrected chi connectivity index (χ2v) is 8.08. The minimum atomic E-state index is -0.139. The number of anilines is 1. The normalized spacial score (nSPS) is 12.7. The zero-order valence-electron chi connectivity index (χ0n) is 16.4. The standard InChI is InChI=1S/C23H19N3O3S/c1-15-2-4-18-21(12-15)30-23(25-18)26(14-16-6-8-24-9-7-16)22(27)17-3-5-19-20(13-17)29-11-10-28-19/h2-9,12-13H,10-11,14H2,1H3. The molecular weight excluding hydrogens is 398 g/mol. The van der Waals surface area contributed by atoms with Gasteiger partial charge in [0, 0.05) is 18.0 Å². The highest BCUT2D eigenvalue weighted by Gasteiger charge is 2.24. The van der Waals surface area contributed by atoms with E-state index in [2.05, 4.69) is 11.1 Å². The predicted octanol–water partition coefficient (Wildman–Crippen LogP) is 4.62. The van der Waals surface area contributed by atoms with E-state index in [1.165, 1.54) is 11.3 Å². The first-order valence-corrected chi connectivity index (χ1v) is 10.5. The minimum absolute atomic E-state index is 0.139. The number of rotatable bonds is 4. The zero-order valence-corrected chi connectivity index (χ0v) is 17.2. The Morgan fingerprint density at radius 2 is 1.83 bits per heavy atom. The molecule has 0 spiro atoms. The van der Waals surface area contributed by atoms with Crippen molar-refractivity contribution in [2.75, 3.05) is 18.1 Å². The molecule has 0 saturated carbocycles. The van der Waals surface area contributed by atoms with Gasteiger partial charge in [0.15, 0.2) is 16.6 Å². The number of thiazole rings is 1. The summed E-state index contributed by atoms with van der Waals surface area (Å²) in [7, 11) is 0. The predicted molar refractivity (Wildman–Crippen MR) is 117 cm³/mol. The molecule has 0 unspecified atom stereocenters. The Hall–Kier alpha value is -3.45. The van der Waals surface area contributed by atoms with Crippen molar-refractivity contribution in [3.05, 3.63) is 77.6 Å². The number of fused-ring (bicyclic) bond motifs is 2.